The van der Waals surface area contributed by atoms with Crippen molar-refractivity contribution in [2.75, 3.05) is 6.54 Å². The first-order valence-electron chi connectivity index (χ1n) is 9.78. The number of aromatic nitrogens is 3. The van der Waals surface area contributed by atoms with Crippen molar-refractivity contribution in [1.29, 1.82) is 0 Å². The fourth-order valence-electron chi connectivity index (χ4n) is 3.71. The van der Waals surface area contributed by atoms with E-state index in [-0.39, 0.29) is 35.0 Å². The first kappa shape index (κ1) is 21.3. The predicted molar refractivity (Wildman–Crippen MR) is 112 cm³/mol. The highest BCUT2D eigenvalue weighted by Crippen LogP contribution is 2.33. The standard InChI is InChI=1S/C21H22ClFN4O4/c1-21(2,3)31-20(30)25-11-14(28)10-16(25)18-24-26-8-7-15(22)17(26)19(29)27(18)13-6-4-5-12(23)9-13/h4-9,14,16,28H,10-11H2,1-3H3/t14-,16+/m1/s1. The van der Waals surface area contributed by atoms with Crippen molar-refractivity contribution in [3.05, 3.63) is 63.5 Å². The third-order valence-corrected chi connectivity index (χ3v) is 5.24. The van der Waals surface area contributed by atoms with E-state index in [2.05, 4.69) is 5.10 Å². The van der Waals surface area contributed by atoms with Crippen LogP contribution in [0.4, 0.5) is 9.18 Å². The highest BCUT2D eigenvalue weighted by atomic mass is 35.5. The smallest absolute Gasteiger partial charge is 0.411 e. The molecule has 10 heteroatoms. The Balaban J connectivity index is 1.92. The zero-order chi connectivity index (χ0) is 22.5. The summed E-state index contributed by atoms with van der Waals surface area (Å²) in [5.41, 5.74) is -0.908. The number of nitrogens with zero attached hydrogens (tertiary/aromatic N) is 4. The summed E-state index contributed by atoms with van der Waals surface area (Å²) < 4.78 is 22.0. The second-order valence-electron chi connectivity index (χ2n) is 8.47. The van der Waals surface area contributed by atoms with E-state index in [1.54, 1.807) is 26.8 Å². The number of carbonyl (C=O) groups is 1. The number of likely N-dealkylation sites (tertiary alicyclic amines) is 1. The van der Waals surface area contributed by atoms with Gasteiger partial charge in [-0.3, -0.25) is 14.3 Å². The van der Waals surface area contributed by atoms with E-state index in [4.69, 9.17) is 16.3 Å². The number of fused-ring (bicyclic) bond motifs is 1. The molecule has 0 bridgehead atoms. The van der Waals surface area contributed by atoms with Gasteiger partial charge < -0.3 is 9.84 Å². The van der Waals surface area contributed by atoms with Crippen LogP contribution in [0.5, 0.6) is 0 Å². The molecule has 2 aromatic heterocycles. The second-order valence-corrected chi connectivity index (χ2v) is 8.88. The van der Waals surface area contributed by atoms with Crippen LogP contribution in [-0.2, 0) is 4.74 Å². The SMILES string of the molecule is CC(C)(C)OC(=O)N1C[C@H](O)C[C@H]1c1nn2ccc(Cl)c2c(=O)n1-c1cccc(F)c1. The Morgan fingerprint density at radius 3 is 2.74 bits per heavy atom. The average molecular weight is 449 g/mol. The van der Waals surface area contributed by atoms with Gasteiger partial charge in [0.05, 0.1) is 29.4 Å². The van der Waals surface area contributed by atoms with Crippen LogP contribution >= 0.6 is 11.6 Å². The minimum Gasteiger partial charge on any atom is -0.444 e. The van der Waals surface area contributed by atoms with Crippen molar-refractivity contribution in [3.63, 3.8) is 0 Å². The first-order valence-corrected chi connectivity index (χ1v) is 10.2. The molecule has 1 amide bonds. The maximum atomic E-state index is 14.0. The van der Waals surface area contributed by atoms with E-state index in [0.29, 0.717) is 0 Å². The van der Waals surface area contributed by atoms with Crippen LogP contribution in [0.25, 0.3) is 11.2 Å². The summed E-state index contributed by atoms with van der Waals surface area (Å²) >= 11 is 6.18. The molecule has 0 aliphatic carbocycles. The predicted octanol–water partition coefficient (Wildman–Crippen LogP) is 3.32. The second kappa shape index (κ2) is 7.65. The molecule has 3 aromatic rings. The number of carbonyl (C=O) groups excluding carboxylic acids is 1. The molecular weight excluding hydrogens is 427 g/mol. The molecule has 1 fully saturated rings. The first-order chi connectivity index (χ1) is 14.5. The quantitative estimate of drug-likeness (QED) is 0.649. The summed E-state index contributed by atoms with van der Waals surface area (Å²) in [4.78, 5) is 27.6. The molecule has 1 N–H and O–H groups in total. The Hall–Kier alpha value is -2.91. The lowest BCUT2D eigenvalue weighted by Crippen LogP contribution is -2.39. The number of hydrogen-bond acceptors (Lipinski definition) is 5. The van der Waals surface area contributed by atoms with E-state index in [9.17, 15) is 19.1 Å². The highest BCUT2D eigenvalue weighted by molar-refractivity contribution is 6.33. The van der Waals surface area contributed by atoms with Crippen molar-refractivity contribution in [2.24, 2.45) is 0 Å². The molecular formula is C21H22ClFN4O4. The topological polar surface area (TPSA) is 89.1 Å². The largest absolute Gasteiger partial charge is 0.444 e. The van der Waals surface area contributed by atoms with Crippen LogP contribution in [0.15, 0.2) is 41.3 Å². The van der Waals surface area contributed by atoms with E-state index in [1.807, 2.05) is 0 Å². The van der Waals surface area contributed by atoms with Gasteiger partial charge in [0.25, 0.3) is 5.56 Å². The molecule has 1 aromatic carbocycles. The molecule has 164 valence electrons. The zero-order valence-electron chi connectivity index (χ0n) is 17.2. The van der Waals surface area contributed by atoms with E-state index >= 15 is 0 Å². The van der Waals surface area contributed by atoms with Crippen molar-refractivity contribution < 1.29 is 19.0 Å². The molecule has 0 spiro atoms. The van der Waals surface area contributed by atoms with Gasteiger partial charge in [-0.2, -0.15) is 5.10 Å². The minimum atomic E-state index is -0.834. The van der Waals surface area contributed by atoms with E-state index < -0.39 is 35.2 Å². The van der Waals surface area contributed by atoms with Gasteiger partial charge in [0.2, 0.25) is 0 Å². The van der Waals surface area contributed by atoms with Crippen molar-refractivity contribution in [3.8, 4) is 5.69 Å². The highest BCUT2D eigenvalue weighted by Gasteiger charge is 2.40. The van der Waals surface area contributed by atoms with Gasteiger partial charge in [0.15, 0.2) is 5.82 Å². The number of halogens is 2. The molecule has 0 saturated carbocycles. The van der Waals surface area contributed by atoms with Gasteiger partial charge in [0, 0.05) is 12.6 Å². The van der Waals surface area contributed by atoms with Gasteiger partial charge in [-0.15, -0.1) is 0 Å². The number of rotatable bonds is 2. The maximum absolute atomic E-state index is 14.0. The van der Waals surface area contributed by atoms with Crippen LogP contribution in [0, 0.1) is 5.82 Å². The van der Waals surface area contributed by atoms with Gasteiger partial charge in [0.1, 0.15) is 16.9 Å². The summed E-state index contributed by atoms with van der Waals surface area (Å²) in [6.07, 6.45) is 0.197. The number of aliphatic hydroxyl groups is 1. The number of amides is 1. The van der Waals surface area contributed by atoms with Crippen LogP contribution in [-0.4, -0.2) is 48.5 Å². The van der Waals surface area contributed by atoms with E-state index in [1.165, 1.54) is 44.4 Å². The fraction of sp³-hybridized carbons (Fsp3) is 0.381. The number of hydrogen-bond donors (Lipinski definition) is 1. The third-order valence-electron chi connectivity index (χ3n) is 4.93. The maximum Gasteiger partial charge on any atom is 0.411 e. The normalized spacial score (nSPS) is 19.2. The molecule has 4 rings (SSSR count). The average Bonchev–Trinajstić information content (AvgIpc) is 3.23. The van der Waals surface area contributed by atoms with Crippen molar-refractivity contribution in [1.82, 2.24) is 19.1 Å². The van der Waals surface area contributed by atoms with Crippen LogP contribution in [0.1, 0.15) is 39.1 Å². The molecule has 0 unspecified atom stereocenters. The molecule has 31 heavy (non-hydrogen) atoms. The Bertz CT molecular complexity index is 1220. The van der Waals surface area contributed by atoms with Crippen molar-refractivity contribution >= 4 is 23.2 Å². The zero-order valence-corrected chi connectivity index (χ0v) is 18.0. The van der Waals surface area contributed by atoms with Gasteiger partial charge in [-0.1, -0.05) is 17.7 Å². The van der Waals surface area contributed by atoms with Crippen LogP contribution in [0.2, 0.25) is 5.02 Å². The van der Waals surface area contributed by atoms with Gasteiger partial charge in [-0.25, -0.2) is 13.7 Å². The van der Waals surface area contributed by atoms with Crippen LogP contribution in [0.3, 0.4) is 0 Å². The molecule has 1 saturated heterocycles. The monoisotopic (exact) mass is 448 g/mol. The lowest BCUT2D eigenvalue weighted by Gasteiger charge is -2.29. The van der Waals surface area contributed by atoms with Gasteiger partial charge >= 0.3 is 6.09 Å². The molecule has 2 atom stereocenters. The Morgan fingerprint density at radius 2 is 2.06 bits per heavy atom. The molecule has 8 nitrogen and oxygen atoms in total. The summed E-state index contributed by atoms with van der Waals surface area (Å²) in [7, 11) is 0. The summed E-state index contributed by atoms with van der Waals surface area (Å²) in [5, 5.41) is 15.0. The van der Waals surface area contributed by atoms with Gasteiger partial charge in [-0.05, 0) is 45.0 Å². The third kappa shape index (κ3) is 4.03. The summed E-state index contributed by atoms with van der Waals surface area (Å²) in [6, 6.07) is 6.25. The molecule has 0 radical (unpaired) electrons. The van der Waals surface area contributed by atoms with Crippen molar-refractivity contribution in [2.45, 2.75) is 44.9 Å². The lowest BCUT2D eigenvalue weighted by molar-refractivity contribution is 0.0198. The Kier molecular flexibility index (Phi) is 5.26. The lowest BCUT2D eigenvalue weighted by atomic mass is 10.1. The van der Waals surface area contributed by atoms with E-state index in [0.717, 1.165) is 0 Å². The number of benzene rings is 1. The fourth-order valence-corrected chi connectivity index (χ4v) is 3.93. The molecule has 1 aliphatic heterocycles. The summed E-state index contributed by atoms with van der Waals surface area (Å²) in [5.74, 6) is -0.370. The summed E-state index contributed by atoms with van der Waals surface area (Å²) in [6.45, 7) is 5.23. The molecule has 1 aliphatic rings. The number of aliphatic hydroxyl groups excluding tert-OH is 1. The van der Waals surface area contributed by atoms with Crippen LogP contribution < -0.4 is 5.56 Å². The number of ether oxygens (including phenoxy) is 1. The molecule has 3 heterocycles. The number of β-amino-alcohol motifs (C(OH)–C–C–N with tert-alkyl or cyclic N) is 1. The Labute approximate surface area is 182 Å². The minimum absolute atomic E-state index is 0.0169. The Morgan fingerprint density at radius 1 is 1.32 bits per heavy atom.